The first-order chi connectivity index (χ1) is 9.97. The second kappa shape index (κ2) is 6.04. The lowest BCUT2D eigenvalue weighted by atomic mass is 10.2. The molecule has 0 aliphatic carbocycles. The van der Waals surface area contributed by atoms with Gasteiger partial charge in [0.1, 0.15) is 11.6 Å². The minimum atomic E-state index is -1.24. The quantitative estimate of drug-likeness (QED) is 0.692. The highest BCUT2D eigenvalue weighted by Crippen LogP contribution is 2.16. The zero-order valence-corrected chi connectivity index (χ0v) is 11.1. The van der Waals surface area contributed by atoms with Gasteiger partial charge < -0.3 is 20.7 Å². The number of nitrogens with one attached hydrogen (secondary N) is 3. The number of aromatic nitrogens is 2. The van der Waals surface area contributed by atoms with Crippen LogP contribution in [0, 0.1) is 5.82 Å². The maximum absolute atomic E-state index is 13.7. The topological polar surface area (TPSA) is 107 Å². The van der Waals surface area contributed by atoms with Gasteiger partial charge in [0.2, 0.25) is 0 Å². The maximum Gasteiger partial charge on any atom is 0.335 e. The van der Waals surface area contributed by atoms with E-state index in [1.807, 2.05) is 0 Å². The van der Waals surface area contributed by atoms with E-state index in [1.54, 1.807) is 19.3 Å². The van der Waals surface area contributed by atoms with Gasteiger partial charge in [-0.3, -0.25) is 0 Å². The average molecular weight is 292 g/mol. The van der Waals surface area contributed by atoms with E-state index in [9.17, 15) is 14.0 Å². The summed E-state index contributed by atoms with van der Waals surface area (Å²) < 4.78 is 13.7. The molecule has 2 aromatic rings. The molecule has 0 spiro atoms. The van der Waals surface area contributed by atoms with Crippen LogP contribution in [-0.2, 0) is 0 Å². The number of carbonyl (C=O) groups excluding carboxylic acids is 1. The summed E-state index contributed by atoms with van der Waals surface area (Å²) in [5.74, 6) is -1.50. The number of amides is 2. The number of aromatic carboxylic acids is 1. The number of anilines is 1. The molecule has 0 aliphatic rings. The molecule has 21 heavy (non-hydrogen) atoms. The first-order valence-electron chi connectivity index (χ1n) is 6.07. The summed E-state index contributed by atoms with van der Waals surface area (Å²) in [7, 11) is 0. The van der Waals surface area contributed by atoms with Crippen molar-refractivity contribution in [1.82, 2.24) is 15.3 Å². The summed E-state index contributed by atoms with van der Waals surface area (Å²) in [5.41, 5.74) is -0.299. The number of halogens is 1. The lowest BCUT2D eigenvalue weighted by molar-refractivity contribution is 0.0696. The predicted octanol–water partition coefficient (Wildman–Crippen LogP) is 2.13. The Morgan fingerprint density at radius 3 is 2.76 bits per heavy atom. The summed E-state index contributed by atoms with van der Waals surface area (Å²) in [4.78, 5) is 29.3. The minimum Gasteiger partial charge on any atom is -0.478 e. The van der Waals surface area contributed by atoms with Gasteiger partial charge in [0.25, 0.3) is 0 Å². The van der Waals surface area contributed by atoms with Crippen LogP contribution in [0.2, 0.25) is 0 Å². The van der Waals surface area contributed by atoms with Gasteiger partial charge >= 0.3 is 12.0 Å². The van der Waals surface area contributed by atoms with Crippen LogP contribution in [0.1, 0.15) is 29.1 Å². The van der Waals surface area contributed by atoms with E-state index in [-0.39, 0.29) is 17.3 Å². The van der Waals surface area contributed by atoms with Crippen LogP contribution >= 0.6 is 0 Å². The lowest BCUT2D eigenvalue weighted by Crippen LogP contribution is -2.32. The van der Waals surface area contributed by atoms with Gasteiger partial charge in [-0.2, -0.15) is 0 Å². The van der Waals surface area contributed by atoms with Gasteiger partial charge in [0.15, 0.2) is 0 Å². The Morgan fingerprint density at radius 1 is 1.43 bits per heavy atom. The molecule has 1 aromatic heterocycles. The summed E-state index contributed by atoms with van der Waals surface area (Å²) in [6, 6.07) is 2.23. The summed E-state index contributed by atoms with van der Waals surface area (Å²) >= 11 is 0. The molecule has 1 heterocycles. The molecular formula is C13H13FN4O3. The predicted molar refractivity (Wildman–Crippen MR) is 72.5 cm³/mol. The minimum absolute atomic E-state index is 0.107. The molecule has 0 saturated heterocycles. The average Bonchev–Trinajstić information content (AvgIpc) is 2.94. The van der Waals surface area contributed by atoms with Crippen molar-refractivity contribution in [2.24, 2.45) is 0 Å². The number of H-pyrrole nitrogens is 1. The molecule has 2 amide bonds. The summed E-state index contributed by atoms with van der Waals surface area (Å²) in [5, 5.41) is 13.6. The van der Waals surface area contributed by atoms with Crippen molar-refractivity contribution in [3.05, 3.63) is 47.8 Å². The number of hydrogen-bond acceptors (Lipinski definition) is 3. The smallest absolute Gasteiger partial charge is 0.335 e. The molecule has 8 heteroatoms. The Hall–Kier alpha value is -2.90. The van der Waals surface area contributed by atoms with Crippen LogP contribution in [0.3, 0.4) is 0 Å². The van der Waals surface area contributed by atoms with Gasteiger partial charge in [-0.15, -0.1) is 0 Å². The highest BCUT2D eigenvalue weighted by atomic mass is 19.1. The van der Waals surface area contributed by atoms with E-state index in [2.05, 4.69) is 20.6 Å². The molecule has 0 bridgehead atoms. The monoisotopic (exact) mass is 292 g/mol. The van der Waals surface area contributed by atoms with Gasteiger partial charge in [-0.1, -0.05) is 0 Å². The van der Waals surface area contributed by atoms with Crippen LogP contribution in [0.15, 0.2) is 30.6 Å². The lowest BCUT2D eigenvalue weighted by Gasteiger charge is -2.13. The Kier molecular flexibility index (Phi) is 4.17. The largest absolute Gasteiger partial charge is 0.478 e. The number of nitrogens with zero attached hydrogens (tertiary/aromatic N) is 1. The Balaban J connectivity index is 2.01. The van der Waals surface area contributed by atoms with Crippen molar-refractivity contribution in [2.75, 3.05) is 5.32 Å². The third kappa shape index (κ3) is 3.56. The van der Waals surface area contributed by atoms with E-state index >= 15 is 0 Å². The molecule has 110 valence electrons. The SMILES string of the molecule is CC(NC(=O)Nc1ccc(C(=O)O)cc1F)c1ncc[nH]1. The second-order valence-corrected chi connectivity index (χ2v) is 4.29. The number of carbonyl (C=O) groups is 2. The molecule has 4 N–H and O–H groups in total. The number of benzene rings is 1. The molecule has 7 nitrogen and oxygen atoms in total. The number of urea groups is 1. The van der Waals surface area contributed by atoms with Gasteiger partial charge in [-0.05, 0) is 25.1 Å². The molecule has 1 aromatic carbocycles. The number of imidazole rings is 1. The van der Waals surface area contributed by atoms with E-state index in [4.69, 9.17) is 5.11 Å². The van der Waals surface area contributed by atoms with Crippen molar-refractivity contribution in [3.8, 4) is 0 Å². The fourth-order valence-electron chi connectivity index (χ4n) is 1.69. The van der Waals surface area contributed by atoms with E-state index in [0.29, 0.717) is 5.82 Å². The van der Waals surface area contributed by atoms with Gasteiger partial charge in [0.05, 0.1) is 17.3 Å². The highest BCUT2D eigenvalue weighted by Gasteiger charge is 2.14. The van der Waals surface area contributed by atoms with Gasteiger partial charge in [0, 0.05) is 12.4 Å². The Morgan fingerprint density at radius 2 is 2.19 bits per heavy atom. The van der Waals surface area contributed by atoms with Gasteiger partial charge in [-0.25, -0.2) is 19.0 Å². The molecule has 1 unspecified atom stereocenters. The zero-order chi connectivity index (χ0) is 15.4. The van der Waals surface area contributed by atoms with Crippen molar-refractivity contribution >= 4 is 17.7 Å². The Labute approximate surface area is 119 Å². The standard InChI is InChI=1S/C13H13FN4O3/c1-7(11-15-4-5-16-11)17-13(21)18-10-3-2-8(12(19)20)6-9(10)14/h2-7H,1H3,(H,15,16)(H,19,20)(H2,17,18,21). The van der Waals surface area contributed by atoms with Crippen LogP contribution in [0.25, 0.3) is 0 Å². The molecule has 0 fully saturated rings. The number of aromatic amines is 1. The molecule has 0 saturated carbocycles. The van der Waals surface area contributed by atoms with Crippen LogP contribution in [0.5, 0.6) is 0 Å². The fraction of sp³-hybridized carbons (Fsp3) is 0.154. The van der Waals surface area contributed by atoms with E-state index < -0.39 is 17.8 Å². The number of carboxylic acids is 1. The van der Waals surface area contributed by atoms with Crippen molar-refractivity contribution < 1.29 is 19.1 Å². The molecule has 1 atom stereocenters. The number of carboxylic acid groups (broad SMARTS) is 1. The third-order valence-corrected chi connectivity index (χ3v) is 2.74. The number of rotatable bonds is 4. The third-order valence-electron chi connectivity index (χ3n) is 2.74. The Bertz CT molecular complexity index is 657. The van der Waals surface area contributed by atoms with Crippen molar-refractivity contribution in [2.45, 2.75) is 13.0 Å². The molecule has 2 rings (SSSR count). The number of hydrogen-bond donors (Lipinski definition) is 4. The summed E-state index contributed by atoms with van der Waals surface area (Å²) in [6.07, 6.45) is 3.17. The van der Waals surface area contributed by atoms with E-state index in [0.717, 1.165) is 6.07 Å². The highest BCUT2D eigenvalue weighted by molar-refractivity contribution is 5.91. The van der Waals surface area contributed by atoms with Crippen molar-refractivity contribution in [1.29, 1.82) is 0 Å². The normalized spacial score (nSPS) is 11.7. The van der Waals surface area contributed by atoms with Crippen LogP contribution < -0.4 is 10.6 Å². The van der Waals surface area contributed by atoms with Crippen LogP contribution in [0.4, 0.5) is 14.9 Å². The molecular weight excluding hydrogens is 279 g/mol. The molecule has 0 radical (unpaired) electrons. The van der Waals surface area contributed by atoms with E-state index in [1.165, 1.54) is 12.1 Å². The summed E-state index contributed by atoms with van der Waals surface area (Å²) in [6.45, 7) is 1.71. The first kappa shape index (κ1) is 14.5. The second-order valence-electron chi connectivity index (χ2n) is 4.29. The maximum atomic E-state index is 13.7. The van der Waals surface area contributed by atoms with Crippen LogP contribution in [-0.4, -0.2) is 27.1 Å². The molecule has 0 aliphatic heterocycles. The zero-order valence-electron chi connectivity index (χ0n) is 11.1. The first-order valence-corrected chi connectivity index (χ1v) is 6.07. The van der Waals surface area contributed by atoms with Crippen molar-refractivity contribution in [3.63, 3.8) is 0 Å². The fourth-order valence-corrected chi connectivity index (χ4v) is 1.69.